The third kappa shape index (κ3) is 8.49. The molecule has 1 saturated heterocycles. The van der Waals surface area contributed by atoms with Crippen LogP contribution in [-0.2, 0) is 33.7 Å². The number of carbonyl (C=O) groups excluding carboxylic acids is 3. The molecule has 0 radical (unpaired) electrons. The fourth-order valence-corrected chi connectivity index (χ4v) is 8.07. The summed E-state index contributed by atoms with van der Waals surface area (Å²) >= 11 is 0. The molecule has 6 atom stereocenters. The molecule has 1 aliphatic heterocycles. The maximum Gasteiger partial charge on any atom is 0.407 e. The highest BCUT2D eigenvalue weighted by molar-refractivity contribution is 5.87. The SMILES string of the molecule is COC(=O)N[C@H](C(=O)N[NH+](CCC[C@@]1(Cc2ccccc2)C(=O)N([C@H]2c3ccccc3C[C@H]2O)C[C@H]1O)Cc1ccc(-c2ccncc2)cc1)C(C)(C)C. The van der Waals surface area contributed by atoms with Crippen LogP contribution in [0.25, 0.3) is 11.1 Å². The lowest BCUT2D eigenvalue weighted by Gasteiger charge is -2.33. The van der Waals surface area contributed by atoms with E-state index in [0.717, 1.165) is 38.4 Å². The number of carbonyl (C=O) groups is 3. The number of aliphatic hydroxyl groups excluding tert-OH is 2. The Morgan fingerprint density at radius 1 is 0.944 bits per heavy atom. The molecule has 284 valence electrons. The summed E-state index contributed by atoms with van der Waals surface area (Å²) in [5, 5.41) is 26.5. The number of quaternary nitrogens is 1. The summed E-state index contributed by atoms with van der Waals surface area (Å²) in [7, 11) is 1.26. The van der Waals surface area contributed by atoms with Crippen molar-refractivity contribution in [3.8, 4) is 11.1 Å². The van der Waals surface area contributed by atoms with Crippen molar-refractivity contribution in [3.63, 3.8) is 0 Å². The number of aromatic nitrogens is 1. The van der Waals surface area contributed by atoms with E-state index in [1.54, 1.807) is 17.3 Å². The number of likely N-dealkylation sites (tertiary alicyclic amines) is 1. The number of benzene rings is 3. The lowest BCUT2D eigenvalue weighted by molar-refractivity contribution is -0.950. The molecule has 1 aliphatic carbocycles. The Morgan fingerprint density at radius 2 is 1.61 bits per heavy atom. The first-order valence-electron chi connectivity index (χ1n) is 18.7. The standard InChI is InChI=1S/C43H51N5O6/c1-42(2,3)38(45-41(53)54-4)39(51)46-47(27-30-15-17-31(18-16-30)32-19-22-44-23-20-32)24-10-21-43(26-29-11-6-5-7-12-29)36(50)28-48(40(43)52)37-34-14-9-8-13-33(34)25-35(37)49/h5-9,11-20,22-23,35-38,49-50H,10,21,24-28H2,1-4H3,(H,45,53)(H,46,51)/p+1/t35-,36-,37+,38-,43+/m1/s1. The van der Waals surface area contributed by atoms with E-state index in [0.29, 0.717) is 38.8 Å². The zero-order valence-electron chi connectivity index (χ0n) is 31.5. The van der Waals surface area contributed by atoms with Gasteiger partial charge in [-0.25, -0.2) is 15.2 Å². The predicted molar refractivity (Wildman–Crippen MR) is 205 cm³/mol. The van der Waals surface area contributed by atoms with Crippen molar-refractivity contribution in [1.82, 2.24) is 20.6 Å². The molecule has 1 unspecified atom stereocenters. The van der Waals surface area contributed by atoms with E-state index in [9.17, 15) is 24.6 Å². The Morgan fingerprint density at radius 3 is 2.30 bits per heavy atom. The molecule has 3 aromatic carbocycles. The number of methoxy groups -OCH3 is 1. The number of β-amino-alcohol motifs (C(OH)–C–C–N with tert-alkyl or cyclic N) is 1. The van der Waals surface area contributed by atoms with Crippen LogP contribution in [0.15, 0.2) is 103 Å². The van der Waals surface area contributed by atoms with Gasteiger partial charge in [-0.1, -0.05) is 99.6 Å². The van der Waals surface area contributed by atoms with Crippen LogP contribution >= 0.6 is 0 Å². The fraction of sp³-hybridized carbons (Fsp3) is 0.395. The summed E-state index contributed by atoms with van der Waals surface area (Å²) < 4.78 is 4.83. The van der Waals surface area contributed by atoms with Gasteiger partial charge in [-0.3, -0.25) is 14.6 Å². The molecule has 6 rings (SSSR count). The maximum atomic E-state index is 14.7. The van der Waals surface area contributed by atoms with Crippen molar-refractivity contribution < 1.29 is 34.3 Å². The molecule has 0 saturated carbocycles. The maximum absolute atomic E-state index is 14.7. The minimum absolute atomic E-state index is 0.116. The molecule has 11 heteroatoms. The molecule has 3 amide bonds. The van der Waals surface area contributed by atoms with Gasteiger partial charge in [0.1, 0.15) is 12.6 Å². The summed E-state index contributed by atoms with van der Waals surface area (Å²) in [6.07, 6.45) is 2.70. The Labute approximate surface area is 317 Å². The topological polar surface area (TPSA) is 146 Å². The smallest absolute Gasteiger partial charge is 0.407 e. The van der Waals surface area contributed by atoms with Gasteiger partial charge in [0.15, 0.2) is 0 Å². The van der Waals surface area contributed by atoms with Crippen LogP contribution in [0.2, 0.25) is 0 Å². The third-order valence-corrected chi connectivity index (χ3v) is 10.9. The van der Waals surface area contributed by atoms with E-state index in [1.165, 1.54) is 7.11 Å². The number of nitrogens with zero attached hydrogens (tertiary/aromatic N) is 2. The van der Waals surface area contributed by atoms with Crippen LogP contribution < -0.4 is 15.8 Å². The second kappa shape index (κ2) is 16.5. The molecule has 0 spiro atoms. The van der Waals surface area contributed by atoms with Crippen LogP contribution in [0.1, 0.15) is 61.9 Å². The number of alkyl carbamates (subject to hydrolysis) is 1. The monoisotopic (exact) mass is 734 g/mol. The molecule has 1 aromatic heterocycles. The van der Waals surface area contributed by atoms with Gasteiger partial charge in [0.25, 0.3) is 5.91 Å². The highest BCUT2D eigenvalue weighted by Gasteiger charge is 2.56. The Hall–Kier alpha value is -5.10. The van der Waals surface area contributed by atoms with Crippen LogP contribution in [0, 0.1) is 10.8 Å². The zero-order chi connectivity index (χ0) is 38.5. The first-order valence-corrected chi connectivity index (χ1v) is 18.7. The minimum atomic E-state index is -1.14. The van der Waals surface area contributed by atoms with E-state index in [-0.39, 0.29) is 18.4 Å². The first kappa shape index (κ1) is 38.6. The molecule has 54 heavy (non-hydrogen) atoms. The van der Waals surface area contributed by atoms with Gasteiger partial charge in [-0.05, 0) is 64.6 Å². The van der Waals surface area contributed by atoms with E-state index >= 15 is 0 Å². The molecule has 11 nitrogen and oxygen atoms in total. The zero-order valence-corrected chi connectivity index (χ0v) is 31.5. The molecule has 4 aromatic rings. The minimum Gasteiger partial charge on any atom is -0.453 e. The van der Waals surface area contributed by atoms with Crippen molar-refractivity contribution >= 4 is 17.9 Å². The normalized spacial score (nSPS) is 22.0. The van der Waals surface area contributed by atoms with E-state index in [1.807, 2.05) is 112 Å². The molecule has 5 N–H and O–H groups in total. The summed E-state index contributed by atoms with van der Waals surface area (Å²) in [6, 6.07) is 28.1. The van der Waals surface area contributed by atoms with Crippen molar-refractivity contribution in [2.24, 2.45) is 10.8 Å². The lowest BCUT2D eigenvalue weighted by atomic mass is 9.74. The number of hydrogen-bond donors (Lipinski definition) is 5. The highest BCUT2D eigenvalue weighted by Crippen LogP contribution is 2.46. The summed E-state index contributed by atoms with van der Waals surface area (Å²) in [5.41, 5.74) is 7.31. The fourth-order valence-electron chi connectivity index (χ4n) is 8.07. The number of hydrogen-bond acceptors (Lipinski definition) is 7. The molecular weight excluding hydrogens is 683 g/mol. The Kier molecular flexibility index (Phi) is 11.8. The number of rotatable bonds is 13. The average molecular weight is 735 g/mol. The average Bonchev–Trinajstić information content (AvgIpc) is 3.61. The molecule has 0 bridgehead atoms. The third-order valence-electron chi connectivity index (χ3n) is 10.9. The van der Waals surface area contributed by atoms with Gasteiger partial charge in [0, 0.05) is 30.9 Å². The van der Waals surface area contributed by atoms with Crippen LogP contribution in [0.4, 0.5) is 4.79 Å². The van der Waals surface area contributed by atoms with Crippen LogP contribution in [0.5, 0.6) is 0 Å². The number of amides is 3. The molecular formula is C43H52N5O6+. The van der Waals surface area contributed by atoms with E-state index < -0.39 is 41.2 Å². The van der Waals surface area contributed by atoms with E-state index in [4.69, 9.17) is 4.74 Å². The highest BCUT2D eigenvalue weighted by atomic mass is 16.5. The quantitative estimate of drug-likeness (QED) is 0.132. The van der Waals surface area contributed by atoms with Crippen molar-refractivity contribution in [2.45, 2.75) is 77.3 Å². The second-order valence-corrected chi connectivity index (χ2v) is 15.7. The number of aliphatic hydroxyl groups is 2. The van der Waals surface area contributed by atoms with Crippen molar-refractivity contribution in [1.29, 1.82) is 0 Å². The number of fused-ring (bicyclic) bond motifs is 1. The summed E-state index contributed by atoms with van der Waals surface area (Å²) in [5.74, 6) is -0.542. The Bertz CT molecular complexity index is 1900. The summed E-state index contributed by atoms with van der Waals surface area (Å²) in [6.45, 7) is 6.59. The largest absolute Gasteiger partial charge is 0.453 e. The van der Waals surface area contributed by atoms with Crippen LogP contribution in [0.3, 0.4) is 0 Å². The van der Waals surface area contributed by atoms with Gasteiger partial charge >= 0.3 is 6.09 Å². The van der Waals surface area contributed by atoms with Crippen molar-refractivity contribution in [3.05, 3.63) is 126 Å². The lowest BCUT2D eigenvalue weighted by Crippen LogP contribution is -3.18. The Balaban J connectivity index is 1.26. The molecule has 2 aliphatic rings. The van der Waals surface area contributed by atoms with Gasteiger partial charge in [0.2, 0.25) is 5.91 Å². The predicted octanol–water partition coefficient (Wildman–Crippen LogP) is 3.81. The summed E-state index contributed by atoms with van der Waals surface area (Å²) in [4.78, 5) is 46.7. The number of ether oxygens (including phenoxy) is 1. The van der Waals surface area contributed by atoms with E-state index in [2.05, 4.69) is 15.7 Å². The van der Waals surface area contributed by atoms with Gasteiger partial charge in [-0.15, -0.1) is 0 Å². The molecule has 1 fully saturated rings. The number of pyridine rings is 1. The molecule has 2 heterocycles. The van der Waals surface area contributed by atoms with Gasteiger partial charge in [0.05, 0.1) is 37.3 Å². The van der Waals surface area contributed by atoms with Gasteiger partial charge < -0.3 is 25.2 Å². The second-order valence-electron chi connectivity index (χ2n) is 15.7. The first-order chi connectivity index (χ1) is 25.9. The number of nitrogens with one attached hydrogen (secondary N) is 3. The van der Waals surface area contributed by atoms with Gasteiger partial charge in [-0.2, -0.15) is 0 Å². The van der Waals surface area contributed by atoms with Crippen molar-refractivity contribution in [2.75, 3.05) is 20.2 Å². The van der Waals surface area contributed by atoms with Crippen LogP contribution in [-0.4, -0.2) is 76.5 Å².